The quantitative estimate of drug-likeness (QED) is 0.850. The van der Waals surface area contributed by atoms with E-state index in [0.717, 1.165) is 19.5 Å². The van der Waals surface area contributed by atoms with E-state index >= 15 is 0 Å². The Labute approximate surface area is 95.3 Å². The topological polar surface area (TPSA) is 42.2 Å². The Morgan fingerprint density at radius 2 is 2.53 bits per heavy atom. The van der Waals surface area contributed by atoms with Crippen LogP contribution in [0.25, 0.3) is 0 Å². The molecule has 4 heteroatoms. The highest BCUT2D eigenvalue weighted by molar-refractivity contribution is 7.11. The molecule has 0 spiro atoms. The molecular formula is C11H19N3S. The minimum absolute atomic E-state index is 0.373. The Hall–Kier alpha value is -0.450. The molecule has 15 heavy (non-hydrogen) atoms. The van der Waals surface area contributed by atoms with Crippen LogP contribution in [0.4, 0.5) is 0 Å². The summed E-state index contributed by atoms with van der Waals surface area (Å²) in [6.45, 7) is 5.41. The van der Waals surface area contributed by atoms with Gasteiger partial charge in [0.25, 0.3) is 0 Å². The van der Waals surface area contributed by atoms with E-state index in [0.29, 0.717) is 6.04 Å². The zero-order chi connectivity index (χ0) is 10.7. The second kappa shape index (κ2) is 5.05. The number of piperidine rings is 1. The second-order valence-corrected chi connectivity index (χ2v) is 5.41. The van der Waals surface area contributed by atoms with E-state index in [1.165, 1.54) is 29.3 Å². The molecule has 1 fully saturated rings. The molecule has 1 aliphatic heterocycles. The van der Waals surface area contributed by atoms with Crippen molar-refractivity contribution in [2.24, 2.45) is 5.73 Å². The fourth-order valence-corrected chi connectivity index (χ4v) is 2.94. The fourth-order valence-electron chi connectivity index (χ4n) is 2.04. The molecule has 0 bridgehead atoms. The molecule has 2 N–H and O–H groups in total. The smallest absolute Gasteiger partial charge is 0.0925 e. The molecule has 2 rings (SSSR count). The summed E-state index contributed by atoms with van der Waals surface area (Å²) in [5, 5.41) is 1.24. The molecule has 1 aromatic rings. The molecule has 2 heterocycles. The molecule has 0 aromatic carbocycles. The lowest BCUT2D eigenvalue weighted by molar-refractivity contribution is 0.203. The molecule has 84 valence electrons. The van der Waals surface area contributed by atoms with Gasteiger partial charge < -0.3 is 5.73 Å². The van der Waals surface area contributed by atoms with Gasteiger partial charge in [-0.1, -0.05) is 6.92 Å². The third-order valence-electron chi connectivity index (χ3n) is 2.83. The number of nitrogens with zero attached hydrogens (tertiary/aromatic N) is 2. The third kappa shape index (κ3) is 3.00. The van der Waals surface area contributed by atoms with E-state index in [4.69, 9.17) is 5.73 Å². The fraction of sp³-hybridized carbons (Fsp3) is 0.727. The summed E-state index contributed by atoms with van der Waals surface area (Å²) in [4.78, 5) is 8.20. The van der Waals surface area contributed by atoms with Crippen LogP contribution in [0.2, 0.25) is 0 Å². The molecule has 1 aliphatic rings. The largest absolute Gasteiger partial charge is 0.327 e. The third-order valence-corrected chi connectivity index (χ3v) is 3.95. The van der Waals surface area contributed by atoms with E-state index in [2.05, 4.69) is 16.8 Å². The maximum Gasteiger partial charge on any atom is 0.0925 e. The predicted octanol–water partition coefficient (Wildman–Crippen LogP) is 1.63. The van der Waals surface area contributed by atoms with Crippen LogP contribution < -0.4 is 5.73 Å². The van der Waals surface area contributed by atoms with Gasteiger partial charge in [-0.2, -0.15) is 0 Å². The Balaban J connectivity index is 1.90. The Morgan fingerprint density at radius 3 is 3.20 bits per heavy atom. The average Bonchev–Trinajstić information content (AvgIpc) is 2.65. The van der Waals surface area contributed by atoms with Crippen LogP contribution in [-0.2, 0) is 13.0 Å². The number of nitrogens with two attached hydrogens (primary N) is 1. The number of hydrogen-bond acceptors (Lipinski definition) is 4. The molecule has 0 unspecified atom stereocenters. The molecule has 1 saturated heterocycles. The summed E-state index contributed by atoms with van der Waals surface area (Å²) in [5.74, 6) is 0. The van der Waals surface area contributed by atoms with Gasteiger partial charge in [0.1, 0.15) is 0 Å². The number of aromatic nitrogens is 1. The van der Waals surface area contributed by atoms with Crippen molar-refractivity contribution in [3.63, 3.8) is 0 Å². The van der Waals surface area contributed by atoms with Crippen LogP contribution >= 0.6 is 11.3 Å². The number of aryl methyl sites for hydroxylation is 1. The maximum absolute atomic E-state index is 5.96. The van der Waals surface area contributed by atoms with Crippen LogP contribution in [0, 0.1) is 0 Å². The first kappa shape index (κ1) is 11.0. The second-order valence-electron chi connectivity index (χ2n) is 4.21. The van der Waals surface area contributed by atoms with Gasteiger partial charge in [0.05, 0.1) is 5.01 Å². The van der Waals surface area contributed by atoms with Gasteiger partial charge in [-0.25, -0.2) is 4.98 Å². The van der Waals surface area contributed by atoms with Crippen molar-refractivity contribution in [2.75, 3.05) is 13.1 Å². The van der Waals surface area contributed by atoms with Crippen LogP contribution in [-0.4, -0.2) is 29.0 Å². The zero-order valence-electron chi connectivity index (χ0n) is 9.28. The number of likely N-dealkylation sites (tertiary alicyclic amines) is 1. The standard InChI is InChI=1S/C11H19N3S/c1-2-11-13-6-10(15-11)8-14-5-3-4-9(12)7-14/h6,9H,2-5,7-8,12H2,1H3/t9-/m1/s1. The van der Waals surface area contributed by atoms with E-state index in [-0.39, 0.29) is 0 Å². The SMILES string of the molecule is CCc1ncc(CN2CCC[C@@H](N)C2)s1. The van der Waals surface area contributed by atoms with Gasteiger partial charge in [0, 0.05) is 30.2 Å². The molecule has 3 nitrogen and oxygen atoms in total. The molecule has 0 aliphatic carbocycles. The summed E-state index contributed by atoms with van der Waals surface area (Å²) in [6.07, 6.45) is 5.48. The number of thiazole rings is 1. The van der Waals surface area contributed by atoms with Crippen molar-refractivity contribution < 1.29 is 0 Å². The highest BCUT2D eigenvalue weighted by Gasteiger charge is 2.17. The van der Waals surface area contributed by atoms with Crippen molar-refractivity contribution >= 4 is 11.3 Å². The Kier molecular flexibility index (Phi) is 3.72. The summed E-state index contributed by atoms with van der Waals surface area (Å²) in [6, 6.07) is 0.373. The van der Waals surface area contributed by atoms with E-state index < -0.39 is 0 Å². The van der Waals surface area contributed by atoms with Crippen molar-refractivity contribution in [3.05, 3.63) is 16.1 Å². The highest BCUT2D eigenvalue weighted by Crippen LogP contribution is 2.18. The van der Waals surface area contributed by atoms with Gasteiger partial charge in [-0.15, -0.1) is 11.3 Å². The van der Waals surface area contributed by atoms with Crippen LogP contribution in [0.5, 0.6) is 0 Å². The van der Waals surface area contributed by atoms with Crippen molar-refractivity contribution in [2.45, 2.75) is 38.8 Å². The number of rotatable bonds is 3. The summed E-state index contributed by atoms with van der Waals surface area (Å²) in [7, 11) is 0. The lowest BCUT2D eigenvalue weighted by atomic mass is 10.1. The normalized spacial score (nSPS) is 23.2. The lowest BCUT2D eigenvalue weighted by Gasteiger charge is -2.29. The average molecular weight is 225 g/mol. The summed E-state index contributed by atoms with van der Waals surface area (Å²) in [5.41, 5.74) is 5.96. The molecule has 0 amide bonds. The van der Waals surface area contributed by atoms with Crippen molar-refractivity contribution in [1.29, 1.82) is 0 Å². The van der Waals surface area contributed by atoms with Crippen LogP contribution in [0.1, 0.15) is 29.7 Å². The zero-order valence-corrected chi connectivity index (χ0v) is 10.1. The minimum atomic E-state index is 0.373. The molecule has 1 aromatic heterocycles. The van der Waals surface area contributed by atoms with Gasteiger partial charge in [0.15, 0.2) is 0 Å². The first-order valence-electron chi connectivity index (χ1n) is 5.69. The molecule has 0 saturated carbocycles. The van der Waals surface area contributed by atoms with Gasteiger partial charge in [-0.05, 0) is 25.8 Å². The predicted molar refractivity (Wildman–Crippen MR) is 64.0 cm³/mol. The first-order chi connectivity index (χ1) is 7.28. The minimum Gasteiger partial charge on any atom is -0.327 e. The highest BCUT2D eigenvalue weighted by atomic mass is 32.1. The Morgan fingerprint density at radius 1 is 1.67 bits per heavy atom. The molecule has 0 radical (unpaired) electrons. The number of hydrogen-bond donors (Lipinski definition) is 1. The van der Waals surface area contributed by atoms with Gasteiger partial charge in [-0.3, -0.25) is 4.90 Å². The molecular weight excluding hydrogens is 206 g/mol. The van der Waals surface area contributed by atoms with E-state index in [9.17, 15) is 0 Å². The first-order valence-corrected chi connectivity index (χ1v) is 6.51. The van der Waals surface area contributed by atoms with Gasteiger partial charge in [0.2, 0.25) is 0 Å². The van der Waals surface area contributed by atoms with E-state index in [1.807, 2.05) is 17.5 Å². The monoisotopic (exact) mass is 225 g/mol. The van der Waals surface area contributed by atoms with Crippen molar-refractivity contribution in [1.82, 2.24) is 9.88 Å². The maximum atomic E-state index is 5.96. The molecule has 1 atom stereocenters. The van der Waals surface area contributed by atoms with E-state index in [1.54, 1.807) is 0 Å². The van der Waals surface area contributed by atoms with Crippen LogP contribution in [0.3, 0.4) is 0 Å². The Bertz CT molecular complexity index is 311. The van der Waals surface area contributed by atoms with Gasteiger partial charge >= 0.3 is 0 Å². The lowest BCUT2D eigenvalue weighted by Crippen LogP contribution is -2.42. The summed E-state index contributed by atoms with van der Waals surface area (Å²) >= 11 is 1.83. The summed E-state index contributed by atoms with van der Waals surface area (Å²) < 4.78 is 0. The van der Waals surface area contributed by atoms with Crippen LogP contribution in [0.15, 0.2) is 6.20 Å². The van der Waals surface area contributed by atoms with Crippen molar-refractivity contribution in [3.8, 4) is 0 Å².